The molecule has 1 atom stereocenters. The number of carbonyl (C=O) groups is 1. The van der Waals surface area contributed by atoms with Crippen molar-refractivity contribution in [2.75, 3.05) is 13.2 Å². The summed E-state index contributed by atoms with van der Waals surface area (Å²) in [6.07, 6.45) is 3.24. The van der Waals surface area contributed by atoms with Crippen molar-refractivity contribution in [3.8, 4) is 0 Å². The second-order valence-corrected chi connectivity index (χ2v) is 4.25. The third-order valence-corrected chi connectivity index (χ3v) is 3.15. The minimum Gasteiger partial charge on any atom is -0.481 e. The van der Waals surface area contributed by atoms with Gasteiger partial charge in [-0.15, -0.1) is 0 Å². The maximum absolute atomic E-state index is 11.1. The highest BCUT2D eigenvalue weighted by molar-refractivity contribution is 5.71. The minimum absolute atomic E-state index is 0.438. The number of unbranched alkanes of at least 4 members (excludes halogenated alkanes) is 1. The van der Waals surface area contributed by atoms with Crippen LogP contribution in [0.25, 0.3) is 0 Å². The maximum Gasteiger partial charge on any atom is 0.309 e. The van der Waals surface area contributed by atoms with E-state index in [1.807, 2.05) is 6.92 Å². The van der Waals surface area contributed by atoms with Crippen LogP contribution in [-0.2, 0) is 9.53 Å². The Kier molecular flexibility index (Phi) is 4.54. The van der Waals surface area contributed by atoms with Crippen molar-refractivity contribution in [1.82, 2.24) is 0 Å². The molecule has 1 fully saturated rings. The first-order valence-corrected chi connectivity index (χ1v) is 5.63. The summed E-state index contributed by atoms with van der Waals surface area (Å²) < 4.78 is 5.15. The molecule has 0 saturated carbocycles. The van der Waals surface area contributed by atoms with Crippen LogP contribution >= 0.6 is 0 Å². The van der Waals surface area contributed by atoms with Crippen molar-refractivity contribution in [3.63, 3.8) is 0 Å². The molecule has 4 heteroatoms. The molecule has 88 valence electrons. The summed E-state index contributed by atoms with van der Waals surface area (Å²) in [6.45, 7) is 2.95. The minimum atomic E-state index is -1.06. The average molecular weight is 216 g/mol. The lowest BCUT2D eigenvalue weighted by atomic mass is 9.78. The van der Waals surface area contributed by atoms with Gasteiger partial charge in [-0.2, -0.15) is 0 Å². The third-order valence-electron chi connectivity index (χ3n) is 3.15. The molecule has 0 aromatic heterocycles. The lowest BCUT2D eigenvalue weighted by Crippen LogP contribution is -2.46. The van der Waals surface area contributed by atoms with E-state index in [1.54, 1.807) is 0 Å². The zero-order chi connectivity index (χ0) is 11.3. The number of carboxylic acids is 1. The van der Waals surface area contributed by atoms with E-state index < -0.39 is 17.5 Å². The Balaban J connectivity index is 2.63. The van der Waals surface area contributed by atoms with Crippen LogP contribution in [0.5, 0.6) is 0 Å². The molecule has 15 heavy (non-hydrogen) atoms. The predicted molar refractivity (Wildman–Crippen MR) is 55.7 cm³/mol. The molecule has 1 unspecified atom stereocenters. The normalized spacial score (nSPS) is 22.3. The van der Waals surface area contributed by atoms with Crippen LogP contribution in [0.4, 0.5) is 0 Å². The Morgan fingerprint density at radius 2 is 2.07 bits per heavy atom. The van der Waals surface area contributed by atoms with E-state index in [9.17, 15) is 9.90 Å². The summed E-state index contributed by atoms with van der Waals surface area (Å²) in [5, 5.41) is 19.4. The molecular formula is C11H20O4. The van der Waals surface area contributed by atoms with Crippen LogP contribution in [0.3, 0.4) is 0 Å². The van der Waals surface area contributed by atoms with E-state index in [4.69, 9.17) is 9.84 Å². The van der Waals surface area contributed by atoms with E-state index in [1.165, 1.54) is 0 Å². The lowest BCUT2D eigenvalue weighted by Gasteiger charge is -2.36. The van der Waals surface area contributed by atoms with Crippen LogP contribution in [-0.4, -0.2) is 35.0 Å². The number of hydrogen-bond donors (Lipinski definition) is 2. The average Bonchev–Trinajstić information content (AvgIpc) is 2.18. The summed E-state index contributed by atoms with van der Waals surface area (Å²) in [4.78, 5) is 11.1. The Bertz CT molecular complexity index is 209. The smallest absolute Gasteiger partial charge is 0.309 e. The quantitative estimate of drug-likeness (QED) is 0.729. The van der Waals surface area contributed by atoms with Crippen molar-refractivity contribution in [2.24, 2.45) is 5.92 Å². The number of aliphatic carboxylic acids is 1. The molecule has 0 bridgehead atoms. The SMILES string of the molecule is CCCCC(C(=O)O)C1(O)CCOCC1. The predicted octanol–water partition coefficient (Wildman–Crippen LogP) is 1.42. The summed E-state index contributed by atoms with van der Waals surface area (Å²) in [6, 6.07) is 0. The van der Waals surface area contributed by atoms with Gasteiger partial charge in [-0.25, -0.2) is 0 Å². The molecule has 0 aromatic rings. The molecule has 4 nitrogen and oxygen atoms in total. The van der Waals surface area contributed by atoms with E-state index >= 15 is 0 Å². The Morgan fingerprint density at radius 1 is 1.47 bits per heavy atom. The highest BCUT2D eigenvalue weighted by Gasteiger charge is 2.42. The summed E-state index contributed by atoms with van der Waals surface area (Å²) >= 11 is 0. The second-order valence-electron chi connectivity index (χ2n) is 4.25. The molecule has 1 aliphatic heterocycles. The highest BCUT2D eigenvalue weighted by atomic mass is 16.5. The Labute approximate surface area is 90.2 Å². The van der Waals surface area contributed by atoms with Gasteiger partial charge in [-0.3, -0.25) is 4.79 Å². The van der Waals surface area contributed by atoms with Gasteiger partial charge in [-0.1, -0.05) is 19.8 Å². The molecule has 0 aromatic carbocycles. The first kappa shape index (κ1) is 12.5. The zero-order valence-electron chi connectivity index (χ0n) is 9.24. The summed E-state index contributed by atoms with van der Waals surface area (Å²) in [5.41, 5.74) is -1.06. The van der Waals surface area contributed by atoms with E-state index in [-0.39, 0.29) is 0 Å². The van der Waals surface area contributed by atoms with Crippen molar-refractivity contribution < 1.29 is 19.7 Å². The maximum atomic E-state index is 11.1. The molecule has 1 saturated heterocycles. The summed E-state index contributed by atoms with van der Waals surface area (Å²) in [7, 11) is 0. The van der Waals surface area contributed by atoms with Gasteiger partial charge in [0.25, 0.3) is 0 Å². The van der Waals surface area contributed by atoms with Gasteiger partial charge >= 0.3 is 5.97 Å². The standard InChI is InChI=1S/C11H20O4/c1-2-3-4-9(10(12)13)11(14)5-7-15-8-6-11/h9,14H,2-8H2,1H3,(H,12,13). The van der Waals surface area contributed by atoms with Gasteiger partial charge in [0.15, 0.2) is 0 Å². The number of aliphatic hydroxyl groups is 1. The number of hydrogen-bond acceptors (Lipinski definition) is 3. The first-order valence-electron chi connectivity index (χ1n) is 5.63. The van der Waals surface area contributed by atoms with Gasteiger partial charge < -0.3 is 14.9 Å². The fraction of sp³-hybridized carbons (Fsp3) is 0.909. The molecule has 1 rings (SSSR count). The number of ether oxygens (including phenoxy) is 1. The Morgan fingerprint density at radius 3 is 2.53 bits per heavy atom. The lowest BCUT2D eigenvalue weighted by molar-refractivity contribution is -0.161. The fourth-order valence-corrected chi connectivity index (χ4v) is 2.10. The highest BCUT2D eigenvalue weighted by Crippen LogP contribution is 2.32. The van der Waals surface area contributed by atoms with E-state index in [0.29, 0.717) is 32.5 Å². The molecule has 1 aliphatic rings. The molecule has 0 aliphatic carbocycles. The first-order chi connectivity index (χ1) is 7.10. The topological polar surface area (TPSA) is 66.8 Å². The van der Waals surface area contributed by atoms with Crippen molar-refractivity contribution in [2.45, 2.75) is 44.6 Å². The van der Waals surface area contributed by atoms with E-state index in [2.05, 4.69) is 0 Å². The number of carboxylic acid groups (broad SMARTS) is 1. The van der Waals surface area contributed by atoms with Crippen molar-refractivity contribution in [1.29, 1.82) is 0 Å². The van der Waals surface area contributed by atoms with Crippen LogP contribution in [0.2, 0.25) is 0 Å². The van der Waals surface area contributed by atoms with Crippen molar-refractivity contribution >= 4 is 5.97 Å². The number of rotatable bonds is 5. The van der Waals surface area contributed by atoms with E-state index in [0.717, 1.165) is 12.8 Å². The van der Waals surface area contributed by atoms with Gasteiger partial charge in [-0.05, 0) is 6.42 Å². The fourth-order valence-electron chi connectivity index (χ4n) is 2.10. The molecule has 1 heterocycles. The molecule has 0 amide bonds. The molecule has 0 radical (unpaired) electrons. The van der Waals surface area contributed by atoms with Gasteiger partial charge in [0.2, 0.25) is 0 Å². The third kappa shape index (κ3) is 3.18. The molecule has 2 N–H and O–H groups in total. The second kappa shape index (κ2) is 5.47. The van der Waals surface area contributed by atoms with Crippen LogP contribution in [0.15, 0.2) is 0 Å². The van der Waals surface area contributed by atoms with Gasteiger partial charge in [0.1, 0.15) is 0 Å². The van der Waals surface area contributed by atoms with Crippen LogP contribution in [0.1, 0.15) is 39.0 Å². The molecule has 0 spiro atoms. The largest absolute Gasteiger partial charge is 0.481 e. The Hall–Kier alpha value is -0.610. The molecular weight excluding hydrogens is 196 g/mol. The monoisotopic (exact) mass is 216 g/mol. The van der Waals surface area contributed by atoms with Crippen molar-refractivity contribution in [3.05, 3.63) is 0 Å². The van der Waals surface area contributed by atoms with Crippen LogP contribution in [0, 0.1) is 5.92 Å². The van der Waals surface area contributed by atoms with Crippen LogP contribution < -0.4 is 0 Å². The van der Waals surface area contributed by atoms with Gasteiger partial charge in [0.05, 0.1) is 11.5 Å². The summed E-state index contributed by atoms with van der Waals surface area (Å²) in [5.74, 6) is -1.52. The zero-order valence-corrected chi connectivity index (χ0v) is 9.24. The van der Waals surface area contributed by atoms with Gasteiger partial charge in [0, 0.05) is 26.1 Å².